The average Bonchev–Trinajstić information content (AvgIpc) is 2.48. The number of halogens is 1. The SMILES string of the molecule is COc1cccc(OCC(=O)Cc2ccc(F)cc2)c1. The number of carbonyl (C=O) groups excluding carboxylic acids is 1. The minimum Gasteiger partial charge on any atom is -0.497 e. The van der Waals surface area contributed by atoms with Crippen LogP contribution >= 0.6 is 0 Å². The average molecular weight is 274 g/mol. The van der Waals surface area contributed by atoms with Crippen molar-refractivity contribution in [2.45, 2.75) is 6.42 Å². The molecule has 0 aliphatic heterocycles. The molecule has 0 saturated heterocycles. The molecule has 0 unspecified atom stereocenters. The first-order valence-corrected chi connectivity index (χ1v) is 6.20. The minimum atomic E-state index is -0.311. The Labute approximate surface area is 117 Å². The maximum Gasteiger partial charge on any atom is 0.174 e. The summed E-state index contributed by atoms with van der Waals surface area (Å²) in [4.78, 5) is 11.8. The van der Waals surface area contributed by atoms with Gasteiger partial charge in [-0.05, 0) is 29.8 Å². The van der Waals surface area contributed by atoms with E-state index in [4.69, 9.17) is 9.47 Å². The fourth-order valence-corrected chi connectivity index (χ4v) is 1.74. The molecule has 0 radical (unpaired) electrons. The number of hydrogen-bond acceptors (Lipinski definition) is 3. The van der Waals surface area contributed by atoms with E-state index in [9.17, 15) is 9.18 Å². The van der Waals surface area contributed by atoms with E-state index in [0.29, 0.717) is 11.5 Å². The van der Waals surface area contributed by atoms with Crippen LogP contribution in [0.3, 0.4) is 0 Å². The molecule has 20 heavy (non-hydrogen) atoms. The zero-order valence-electron chi connectivity index (χ0n) is 11.1. The van der Waals surface area contributed by atoms with Gasteiger partial charge < -0.3 is 9.47 Å². The summed E-state index contributed by atoms with van der Waals surface area (Å²) in [6.45, 7) is -0.0233. The van der Waals surface area contributed by atoms with Crippen molar-refractivity contribution in [2.75, 3.05) is 13.7 Å². The van der Waals surface area contributed by atoms with Gasteiger partial charge >= 0.3 is 0 Å². The van der Waals surface area contributed by atoms with Crippen molar-refractivity contribution in [1.82, 2.24) is 0 Å². The van der Waals surface area contributed by atoms with Gasteiger partial charge in [-0.15, -0.1) is 0 Å². The molecule has 0 bridgehead atoms. The van der Waals surface area contributed by atoms with Crippen LogP contribution in [0.4, 0.5) is 4.39 Å². The van der Waals surface area contributed by atoms with Gasteiger partial charge in [-0.1, -0.05) is 18.2 Å². The lowest BCUT2D eigenvalue weighted by Crippen LogP contribution is -2.13. The topological polar surface area (TPSA) is 35.5 Å². The summed E-state index contributed by atoms with van der Waals surface area (Å²) < 4.78 is 23.2. The van der Waals surface area contributed by atoms with E-state index in [-0.39, 0.29) is 24.6 Å². The normalized spacial score (nSPS) is 10.1. The number of rotatable bonds is 6. The predicted molar refractivity (Wildman–Crippen MR) is 73.6 cm³/mol. The maximum absolute atomic E-state index is 12.7. The van der Waals surface area contributed by atoms with Crippen molar-refractivity contribution in [2.24, 2.45) is 0 Å². The van der Waals surface area contributed by atoms with Gasteiger partial charge in [0.2, 0.25) is 0 Å². The van der Waals surface area contributed by atoms with Crippen LogP contribution in [0.25, 0.3) is 0 Å². The Morgan fingerprint density at radius 1 is 1.10 bits per heavy atom. The zero-order chi connectivity index (χ0) is 14.4. The van der Waals surface area contributed by atoms with Crippen molar-refractivity contribution >= 4 is 5.78 Å². The van der Waals surface area contributed by atoms with E-state index in [1.54, 1.807) is 43.5 Å². The Kier molecular flexibility index (Phi) is 4.71. The van der Waals surface area contributed by atoms with Gasteiger partial charge in [-0.3, -0.25) is 4.79 Å². The maximum atomic E-state index is 12.7. The molecule has 0 fully saturated rings. The first-order valence-electron chi connectivity index (χ1n) is 6.20. The smallest absolute Gasteiger partial charge is 0.174 e. The fourth-order valence-electron chi connectivity index (χ4n) is 1.74. The number of ketones is 1. The highest BCUT2D eigenvalue weighted by Gasteiger charge is 2.06. The van der Waals surface area contributed by atoms with Crippen LogP contribution in [0.5, 0.6) is 11.5 Å². The Hall–Kier alpha value is -2.36. The lowest BCUT2D eigenvalue weighted by Gasteiger charge is -2.07. The minimum absolute atomic E-state index is 0.0233. The molecule has 2 rings (SSSR count). The molecule has 0 heterocycles. The number of Topliss-reactive ketones (excluding diaryl/α,β-unsaturated/α-hetero) is 1. The molecule has 3 nitrogen and oxygen atoms in total. The second-order valence-electron chi connectivity index (χ2n) is 4.31. The van der Waals surface area contributed by atoms with Gasteiger partial charge in [0.05, 0.1) is 7.11 Å². The molecule has 0 amide bonds. The van der Waals surface area contributed by atoms with Crippen molar-refractivity contribution < 1.29 is 18.7 Å². The van der Waals surface area contributed by atoms with Gasteiger partial charge in [-0.2, -0.15) is 0 Å². The number of benzene rings is 2. The molecule has 2 aromatic carbocycles. The van der Waals surface area contributed by atoms with Crippen molar-refractivity contribution in [3.63, 3.8) is 0 Å². The van der Waals surface area contributed by atoms with Gasteiger partial charge in [0.1, 0.15) is 23.9 Å². The summed E-state index contributed by atoms with van der Waals surface area (Å²) in [5.74, 6) is 0.874. The largest absolute Gasteiger partial charge is 0.497 e. The molecule has 0 aliphatic rings. The molecule has 2 aromatic rings. The molecular weight excluding hydrogens is 259 g/mol. The zero-order valence-corrected chi connectivity index (χ0v) is 11.1. The number of ether oxygens (including phenoxy) is 2. The summed E-state index contributed by atoms with van der Waals surface area (Å²) in [6, 6.07) is 12.9. The van der Waals surface area contributed by atoms with E-state index >= 15 is 0 Å². The number of methoxy groups -OCH3 is 1. The molecule has 4 heteroatoms. The van der Waals surface area contributed by atoms with Crippen molar-refractivity contribution in [3.8, 4) is 11.5 Å². The van der Waals surface area contributed by atoms with Crippen LogP contribution in [0.2, 0.25) is 0 Å². The quantitative estimate of drug-likeness (QED) is 0.812. The van der Waals surface area contributed by atoms with Crippen LogP contribution in [-0.2, 0) is 11.2 Å². The van der Waals surface area contributed by atoms with Gasteiger partial charge in [0, 0.05) is 12.5 Å². The van der Waals surface area contributed by atoms with E-state index in [1.807, 2.05) is 0 Å². The molecule has 104 valence electrons. The first kappa shape index (κ1) is 14.1. The first-order chi connectivity index (χ1) is 9.67. The molecular formula is C16H15FO3. The molecule has 0 aromatic heterocycles. The monoisotopic (exact) mass is 274 g/mol. The van der Waals surface area contributed by atoms with E-state index < -0.39 is 0 Å². The molecule has 0 saturated carbocycles. The van der Waals surface area contributed by atoms with Crippen LogP contribution < -0.4 is 9.47 Å². The van der Waals surface area contributed by atoms with Crippen LogP contribution in [0.1, 0.15) is 5.56 Å². The Morgan fingerprint density at radius 3 is 2.50 bits per heavy atom. The second-order valence-corrected chi connectivity index (χ2v) is 4.31. The molecule has 0 atom stereocenters. The predicted octanol–water partition coefficient (Wildman–Crippen LogP) is 3.02. The Bertz CT molecular complexity index is 579. The standard InChI is InChI=1S/C16H15FO3/c1-19-15-3-2-4-16(10-15)20-11-14(18)9-12-5-7-13(17)8-6-12/h2-8,10H,9,11H2,1H3. The van der Waals surface area contributed by atoms with Crippen LogP contribution in [-0.4, -0.2) is 19.5 Å². The summed E-state index contributed by atoms with van der Waals surface area (Å²) in [7, 11) is 1.57. The highest BCUT2D eigenvalue weighted by Crippen LogP contribution is 2.18. The third kappa shape index (κ3) is 4.09. The second kappa shape index (κ2) is 6.70. The fraction of sp³-hybridized carbons (Fsp3) is 0.188. The Morgan fingerprint density at radius 2 is 1.80 bits per heavy atom. The van der Waals surface area contributed by atoms with E-state index in [1.165, 1.54) is 12.1 Å². The highest BCUT2D eigenvalue weighted by molar-refractivity contribution is 5.82. The van der Waals surface area contributed by atoms with Gasteiger partial charge in [-0.25, -0.2) is 4.39 Å². The van der Waals surface area contributed by atoms with Crippen molar-refractivity contribution in [1.29, 1.82) is 0 Å². The van der Waals surface area contributed by atoms with Crippen molar-refractivity contribution in [3.05, 3.63) is 59.9 Å². The lowest BCUT2D eigenvalue weighted by molar-refractivity contribution is -0.120. The third-order valence-electron chi connectivity index (χ3n) is 2.76. The summed E-state index contributed by atoms with van der Waals surface area (Å²) in [5, 5.41) is 0. The number of carbonyl (C=O) groups is 1. The lowest BCUT2D eigenvalue weighted by atomic mass is 10.1. The van der Waals surface area contributed by atoms with E-state index in [2.05, 4.69) is 0 Å². The third-order valence-corrected chi connectivity index (χ3v) is 2.76. The summed E-state index contributed by atoms with van der Waals surface area (Å²) >= 11 is 0. The van der Waals surface area contributed by atoms with Crippen LogP contribution in [0, 0.1) is 5.82 Å². The molecule has 0 spiro atoms. The molecule has 0 N–H and O–H groups in total. The molecule has 0 aliphatic carbocycles. The summed E-state index contributed by atoms with van der Waals surface area (Å²) in [6.07, 6.45) is 0.226. The highest BCUT2D eigenvalue weighted by atomic mass is 19.1. The van der Waals surface area contributed by atoms with Crippen LogP contribution in [0.15, 0.2) is 48.5 Å². The summed E-state index contributed by atoms with van der Waals surface area (Å²) in [5.41, 5.74) is 0.769. The Balaban J connectivity index is 1.87. The van der Waals surface area contributed by atoms with Gasteiger partial charge in [0.25, 0.3) is 0 Å². The van der Waals surface area contributed by atoms with E-state index in [0.717, 1.165) is 5.56 Å². The number of hydrogen-bond donors (Lipinski definition) is 0. The van der Waals surface area contributed by atoms with Gasteiger partial charge in [0.15, 0.2) is 5.78 Å².